The van der Waals surface area contributed by atoms with Gasteiger partial charge in [0.05, 0.1) is 35.6 Å². The minimum Gasteiger partial charge on any atom is -0.456 e. The minimum absolute atomic E-state index is 0.00860. The van der Waals surface area contributed by atoms with Crippen molar-refractivity contribution in [1.82, 2.24) is 0 Å². The molecule has 48 heavy (non-hydrogen) atoms. The van der Waals surface area contributed by atoms with Crippen molar-refractivity contribution in [2.75, 3.05) is 0 Å². The molecule has 0 saturated carbocycles. The molecule has 1 aliphatic rings. The second-order valence-electron chi connectivity index (χ2n) is 11.6. The summed E-state index contributed by atoms with van der Waals surface area (Å²) in [5, 5.41) is -3.76. The summed E-state index contributed by atoms with van der Waals surface area (Å²) in [6.07, 6.45) is 0. The highest BCUT2D eigenvalue weighted by Gasteiger charge is 2.35. The Kier molecular flexibility index (Phi) is 2.50. The quantitative estimate of drug-likeness (QED) is 0.176. The number of benzene rings is 8. The first-order valence-electron chi connectivity index (χ1n) is 27.7. The van der Waals surface area contributed by atoms with Crippen molar-refractivity contribution in [1.29, 1.82) is 0 Å². The summed E-state index contributed by atoms with van der Waals surface area (Å²) >= 11 is 0. The van der Waals surface area contributed by atoms with Gasteiger partial charge in [-0.2, -0.15) is 0 Å². The van der Waals surface area contributed by atoms with Gasteiger partial charge in [0.25, 0.3) is 0 Å². The zero-order valence-electron chi connectivity index (χ0n) is 50.9. The van der Waals surface area contributed by atoms with E-state index in [0.29, 0.717) is 0 Å². The fourth-order valence-electron chi connectivity index (χ4n) is 6.55. The molecule has 0 N–H and O–H groups in total. The summed E-state index contributed by atoms with van der Waals surface area (Å²) in [4.78, 5) is 0. The number of hydrogen-bond donors (Lipinski definition) is 0. The molecule has 0 spiro atoms. The molecule has 0 fully saturated rings. The number of fused-ring (bicyclic) bond motifs is 8. The SMILES string of the molecule is [2H]c1c([2H])c(-c2c([2H])c([2H])c3c(c2[2H])C(C)(C)c2c([2H])c([2H])c([2H])c([2H])c2-3)c([2H])c(-c2c3c([2H])c([2H])c([2H])c([2H])c3c(-c3c([2H])c([2H])c([2H])c4oc5c([2H])c([2H])c([2H])c([2H])c5c34)c3c([2H])c([2H])c([2H])c([2H])c23)c1[2H]. The molecule has 226 valence electrons. The average Bonchev–Trinajstić information content (AvgIpc) is 3.88. The molecule has 9 aromatic rings. The fourth-order valence-corrected chi connectivity index (χ4v) is 6.55. The molecule has 0 saturated heterocycles. The first kappa shape index (κ1) is 12.0. The van der Waals surface area contributed by atoms with E-state index in [1.165, 1.54) is 13.8 Å². The molecule has 10 rings (SSSR count). The van der Waals surface area contributed by atoms with E-state index in [4.69, 9.17) is 23.6 Å². The molecule has 0 aliphatic heterocycles. The Morgan fingerprint density at radius 1 is 0.417 bits per heavy atom. The van der Waals surface area contributed by atoms with Crippen LogP contribution in [0.25, 0.3) is 88.0 Å². The lowest BCUT2D eigenvalue weighted by Gasteiger charge is -2.22. The zero-order chi connectivity index (χ0) is 54.6. The first-order valence-corrected chi connectivity index (χ1v) is 14.7. The van der Waals surface area contributed by atoms with Crippen LogP contribution in [0.1, 0.15) is 60.6 Å². The number of hydrogen-bond acceptors (Lipinski definition) is 1. The second-order valence-corrected chi connectivity index (χ2v) is 11.6. The highest BCUT2D eigenvalue weighted by molar-refractivity contribution is 6.25. The molecule has 0 atom stereocenters. The van der Waals surface area contributed by atoms with Crippen LogP contribution in [0.15, 0.2) is 162 Å². The highest BCUT2D eigenvalue weighted by atomic mass is 16.3. The molecule has 8 aromatic carbocycles. The summed E-state index contributed by atoms with van der Waals surface area (Å²) in [5.41, 5.74) is -7.37. The maximum atomic E-state index is 9.96. The van der Waals surface area contributed by atoms with E-state index in [2.05, 4.69) is 0 Å². The molecule has 1 aliphatic carbocycles. The summed E-state index contributed by atoms with van der Waals surface area (Å²) < 4.78 is 242. The Labute approximate surface area is 316 Å². The van der Waals surface area contributed by atoms with Gasteiger partial charge < -0.3 is 4.42 Å². The van der Waals surface area contributed by atoms with Gasteiger partial charge >= 0.3 is 0 Å². The normalized spacial score (nSPS) is 21.0. The van der Waals surface area contributed by atoms with Crippen molar-refractivity contribution in [2.24, 2.45) is 0 Å². The second kappa shape index (κ2) is 10.0. The lowest BCUT2D eigenvalue weighted by Crippen LogP contribution is -2.14. The van der Waals surface area contributed by atoms with Crippen LogP contribution in [-0.4, -0.2) is 0 Å². The molecule has 0 unspecified atom stereocenters. The molecule has 1 aromatic heterocycles. The van der Waals surface area contributed by atoms with Crippen molar-refractivity contribution in [3.8, 4) is 44.5 Å². The van der Waals surface area contributed by atoms with E-state index in [1.807, 2.05) is 0 Å². The molecular formula is C47H32O. The van der Waals surface area contributed by atoms with Gasteiger partial charge in [-0.3, -0.25) is 0 Å². The largest absolute Gasteiger partial charge is 0.456 e. The van der Waals surface area contributed by atoms with Crippen molar-refractivity contribution in [3.05, 3.63) is 168 Å². The number of para-hydroxylation sites is 1. The smallest absolute Gasteiger partial charge is 0.136 e. The third kappa shape index (κ3) is 3.79. The van der Waals surface area contributed by atoms with Crippen molar-refractivity contribution in [3.63, 3.8) is 0 Å². The van der Waals surface area contributed by atoms with Gasteiger partial charge in [0, 0.05) is 16.2 Å². The van der Waals surface area contributed by atoms with Crippen LogP contribution in [0.4, 0.5) is 0 Å². The fraction of sp³-hybridized carbons (Fsp3) is 0.0638. The minimum atomic E-state index is -1.51. The standard InChI is InChI=1S/C47H32O/c1-47(2)40-22-9-7-15-32(40)33-26-25-30(28-41(33)47)29-13-11-14-31(27-29)44-34-16-3-5-18-36(34)45(37-19-6-4-17-35(37)44)39-21-12-24-43-46(39)38-20-8-10-23-42(38)48-43/h3-28H,1-2H3/i3D,4D,5D,6D,7D,8D,9D,10D,11D,12D,13D,14D,15D,16D,17D,18D,19D,20D,21D,22D,23D,24D,25D,26D,27D,28D. The topological polar surface area (TPSA) is 13.1 Å². The van der Waals surface area contributed by atoms with Gasteiger partial charge in [-0.1, -0.05) is 147 Å². The molecule has 1 heterocycles. The third-order valence-electron chi connectivity index (χ3n) is 8.70. The van der Waals surface area contributed by atoms with Crippen LogP contribution in [0.2, 0.25) is 0 Å². The third-order valence-corrected chi connectivity index (χ3v) is 8.70. The highest BCUT2D eigenvalue weighted by Crippen LogP contribution is 2.50. The molecule has 1 heteroatoms. The van der Waals surface area contributed by atoms with Gasteiger partial charge in [-0.15, -0.1) is 0 Å². The maximum absolute atomic E-state index is 9.96. The van der Waals surface area contributed by atoms with Crippen molar-refractivity contribution < 1.29 is 40.1 Å². The van der Waals surface area contributed by atoms with Crippen LogP contribution in [0, 0.1) is 0 Å². The van der Waals surface area contributed by atoms with E-state index in [1.54, 1.807) is 0 Å². The van der Waals surface area contributed by atoms with Crippen LogP contribution >= 0.6 is 0 Å². The van der Waals surface area contributed by atoms with E-state index in [9.17, 15) is 16.4 Å². The molecule has 0 amide bonds. The Morgan fingerprint density at radius 2 is 0.958 bits per heavy atom. The predicted molar refractivity (Wildman–Crippen MR) is 203 cm³/mol. The van der Waals surface area contributed by atoms with Gasteiger partial charge in [0.15, 0.2) is 0 Å². The first-order chi connectivity index (χ1) is 34.4. The lowest BCUT2D eigenvalue weighted by atomic mass is 9.81. The summed E-state index contributed by atoms with van der Waals surface area (Å²) in [6.45, 7) is 3.03. The van der Waals surface area contributed by atoms with E-state index >= 15 is 0 Å². The molecule has 0 bridgehead atoms. The van der Waals surface area contributed by atoms with E-state index in [0.717, 1.165) is 0 Å². The van der Waals surface area contributed by atoms with Crippen LogP contribution in [0.3, 0.4) is 0 Å². The Bertz CT molecular complexity index is 4150. The molecule has 1 nitrogen and oxygen atoms in total. The predicted octanol–water partition coefficient (Wildman–Crippen LogP) is 13.2. The van der Waals surface area contributed by atoms with E-state index < -0.39 is 239 Å². The molecule has 0 radical (unpaired) electrons. The van der Waals surface area contributed by atoms with Crippen LogP contribution in [-0.2, 0) is 5.41 Å². The van der Waals surface area contributed by atoms with Gasteiger partial charge in [0.1, 0.15) is 11.2 Å². The monoisotopic (exact) mass is 638 g/mol. The molecular weight excluding hydrogens is 581 g/mol. The summed E-state index contributed by atoms with van der Waals surface area (Å²) in [5.74, 6) is 0. The Morgan fingerprint density at radius 3 is 1.73 bits per heavy atom. The van der Waals surface area contributed by atoms with Gasteiger partial charge in [0.2, 0.25) is 0 Å². The summed E-state index contributed by atoms with van der Waals surface area (Å²) in [7, 11) is 0. The number of furan rings is 1. The van der Waals surface area contributed by atoms with Crippen LogP contribution in [0.5, 0.6) is 0 Å². The Hall–Kier alpha value is -5.92. The van der Waals surface area contributed by atoms with Gasteiger partial charge in [-0.25, -0.2) is 0 Å². The zero-order valence-corrected chi connectivity index (χ0v) is 24.9. The van der Waals surface area contributed by atoms with E-state index in [-0.39, 0.29) is 22.3 Å². The maximum Gasteiger partial charge on any atom is 0.136 e. The lowest BCUT2D eigenvalue weighted by molar-refractivity contribution is 0.660. The van der Waals surface area contributed by atoms with Crippen molar-refractivity contribution >= 4 is 43.5 Å². The average molecular weight is 639 g/mol. The van der Waals surface area contributed by atoms with Crippen molar-refractivity contribution in [2.45, 2.75) is 19.3 Å². The number of rotatable bonds is 3. The summed E-state index contributed by atoms with van der Waals surface area (Å²) in [6, 6.07) is -22.0. The van der Waals surface area contributed by atoms with Gasteiger partial charge in [-0.05, 0) is 101 Å². The van der Waals surface area contributed by atoms with Crippen LogP contribution < -0.4 is 0 Å². The Balaban J connectivity index is 1.47.